The Labute approximate surface area is 376 Å². The average molecular weight is 895 g/mol. The van der Waals surface area contributed by atoms with Gasteiger partial charge >= 0.3 is 19.8 Å². The number of quaternary nitrogens is 1. The summed E-state index contributed by atoms with van der Waals surface area (Å²) in [5.74, 6) is 3.69. The van der Waals surface area contributed by atoms with E-state index in [4.69, 9.17) is 27.4 Å². The number of nitrogens with zero attached hydrogens (tertiary/aromatic N) is 1. The number of carbonyl (C=O) groups is 2. The molecule has 0 aliphatic carbocycles. The topological polar surface area (TPSA) is 135 Å². The van der Waals surface area contributed by atoms with Gasteiger partial charge in [-0.3, -0.25) is 18.6 Å². The van der Waals surface area contributed by atoms with E-state index in [0.29, 0.717) is 17.4 Å². The molecule has 2 atom stereocenters. The van der Waals surface area contributed by atoms with E-state index in [1.807, 2.05) is 21.1 Å². The third-order valence-electron chi connectivity index (χ3n) is 11.4. The molecule has 11 nitrogen and oxygen atoms in total. The molecule has 1 N–H and O–H groups in total. The molecule has 2 unspecified atom stereocenters. The van der Waals surface area contributed by atoms with Gasteiger partial charge in [0.2, 0.25) is 0 Å². The number of rotatable bonds is 40. The van der Waals surface area contributed by atoms with Crippen LogP contribution in [-0.2, 0) is 58.4 Å². The van der Waals surface area contributed by atoms with E-state index < -0.39 is 26.5 Å². The molecule has 2 aromatic rings. The van der Waals surface area contributed by atoms with Gasteiger partial charge in [-0.05, 0) is 75.6 Å². The van der Waals surface area contributed by atoms with Gasteiger partial charge in [-0.15, -0.1) is 0 Å². The highest BCUT2D eigenvalue weighted by atomic mass is 31.2. The van der Waals surface area contributed by atoms with Crippen LogP contribution in [0.25, 0.3) is 0 Å². The van der Waals surface area contributed by atoms with Gasteiger partial charge < -0.3 is 27.7 Å². The lowest BCUT2D eigenvalue weighted by atomic mass is 10.0. The van der Waals surface area contributed by atoms with Crippen LogP contribution in [0.15, 0.2) is 21.0 Å². The van der Waals surface area contributed by atoms with Gasteiger partial charge in [-0.1, -0.05) is 117 Å². The summed E-state index contributed by atoms with van der Waals surface area (Å²) in [5.41, 5.74) is 2.55. The Morgan fingerprint density at radius 2 is 1.02 bits per heavy atom. The lowest BCUT2D eigenvalue weighted by Crippen LogP contribution is -2.37. The number of phosphoric acid groups is 1. The lowest BCUT2D eigenvalue weighted by Gasteiger charge is -2.24. The van der Waals surface area contributed by atoms with Crippen LogP contribution in [0.1, 0.15) is 202 Å². The molecular formula is C50H89NO10P+. The number of hydrogen-bond acceptors (Lipinski definition) is 9. The van der Waals surface area contributed by atoms with E-state index in [1.165, 1.54) is 93.9 Å². The molecular weight excluding hydrogens is 806 g/mol. The second kappa shape index (κ2) is 33.1. The Morgan fingerprint density at radius 1 is 0.597 bits per heavy atom. The lowest BCUT2D eigenvalue weighted by molar-refractivity contribution is -0.870. The highest BCUT2D eigenvalue weighted by molar-refractivity contribution is 7.47. The van der Waals surface area contributed by atoms with Crippen LogP contribution in [0.2, 0.25) is 0 Å². The number of ether oxygens (including phenoxy) is 2. The summed E-state index contributed by atoms with van der Waals surface area (Å²) < 4.78 is 46.7. The molecule has 2 aromatic heterocycles. The normalized spacial score (nSPS) is 13.4. The molecule has 0 saturated heterocycles. The molecule has 62 heavy (non-hydrogen) atoms. The Balaban J connectivity index is 1.61. The number of esters is 2. The quantitative estimate of drug-likeness (QED) is 0.0298. The standard InChI is InChI=1S/C50H88NO10P/c1-8-10-24-30-44-38-42(3)47(59-44)32-26-20-16-14-12-13-15-17-22-28-34-49(52)56-40-46(41-58-62(54,55)57-37-36-51(5,6)7)61-50(53)35-29-23-19-18-21-27-33-48-43(4)39-45(60-48)31-25-11-9-2/h38-39,46H,8-37,40-41H2,1-7H3/p+1. The van der Waals surface area contributed by atoms with Gasteiger partial charge in [0.25, 0.3) is 0 Å². The summed E-state index contributed by atoms with van der Waals surface area (Å²) in [6.45, 7) is 8.59. The molecule has 2 rings (SSSR count). The minimum absolute atomic E-state index is 0.0200. The maximum Gasteiger partial charge on any atom is 0.472 e. The number of hydrogen-bond donors (Lipinski definition) is 1. The van der Waals surface area contributed by atoms with Crippen LogP contribution < -0.4 is 0 Å². The van der Waals surface area contributed by atoms with Crippen molar-refractivity contribution in [1.82, 2.24) is 0 Å². The Morgan fingerprint density at radius 3 is 1.47 bits per heavy atom. The van der Waals surface area contributed by atoms with Crippen molar-refractivity contribution < 1.29 is 50.9 Å². The molecule has 0 radical (unpaired) electrons. The number of likely N-dealkylation sites (N-methyl/N-ethyl adjacent to an activating group) is 1. The van der Waals surface area contributed by atoms with Crippen molar-refractivity contribution >= 4 is 19.8 Å². The van der Waals surface area contributed by atoms with Crippen LogP contribution in [0.4, 0.5) is 0 Å². The summed E-state index contributed by atoms with van der Waals surface area (Å²) in [4.78, 5) is 35.7. The van der Waals surface area contributed by atoms with Crippen molar-refractivity contribution in [1.29, 1.82) is 0 Å². The number of phosphoric ester groups is 1. The molecule has 0 amide bonds. The zero-order chi connectivity index (χ0) is 45.5. The number of aryl methyl sites for hydroxylation is 6. The smallest absolute Gasteiger partial charge is 0.466 e. The Hall–Kier alpha value is -2.43. The van der Waals surface area contributed by atoms with Crippen LogP contribution in [0, 0.1) is 13.8 Å². The number of unbranched alkanes of at least 4 members (excludes halogenated alkanes) is 18. The number of carbonyl (C=O) groups excluding carboxylic acids is 2. The first-order valence-electron chi connectivity index (χ1n) is 24.6. The van der Waals surface area contributed by atoms with Crippen LogP contribution in [0.3, 0.4) is 0 Å². The molecule has 0 aliphatic heterocycles. The van der Waals surface area contributed by atoms with E-state index in [2.05, 4.69) is 39.8 Å². The fourth-order valence-electron chi connectivity index (χ4n) is 7.52. The summed E-state index contributed by atoms with van der Waals surface area (Å²) in [7, 11) is 1.44. The fraction of sp³-hybridized carbons (Fsp3) is 0.800. The van der Waals surface area contributed by atoms with Gasteiger partial charge in [0.1, 0.15) is 42.8 Å². The second-order valence-corrected chi connectivity index (χ2v) is 20.1. The first-order valence-corrected chi connectivity index (χ1v) is 26.1. The predicted octanol–water partition coefficient (Wildman–Crippen LogP) is 13.1. The summed E-state index contributed by atoms with van der Waals surface area (Å²) in [5, 5.41) is 0. The Bertz CT molecular complexity index is 1510. The SMILES string of the molecule is CCCCCc1cc(C)c(CCCCCCCCCCCCC(=O)OCC(COP(=O)(O)OCC[N+](C)(C)C)OC(=O)CCCCCCCCc2oc(CCCCC)cc2C)o1. The van der Waals surface area contributed by atoms with Gasteiger partial charge in [0, 0.05) is 38.5 Å². The third-order valence-corrected chi connectivity index (χ3v) is 12.4. The predicted molar refractivity (Wildman–Crippen MR) is 249 cm³/mol. The average Bonchev–Trinajstić information content (AvgIpc) is 3.76. The zero-order valence-corrected chi connectivity index (χ0v) is 41.3. The highest BCUT2D eigenvalue weighted by Gasteiger charge is 2.27. The minimum atomic E-state index is -4.40. The minimum Gasteiger partial charge on any atom is -0.466 e. The van der Waals surface area contributed by atoms with Crippen molar-refractivity contribution in [2.45, 2.75) is 214 Å². The Kier molecular flexibility index (Phi) is 29.7. The molecule has 0 aromatic carbocycles. The van der Waals surface area contributed by atoms with Crippen molar-refractivity contribution in [3.05, 3.63) is 46.3 Å². The van der Waals surface area contributed by atoms with Crippen molar-refractivity contribution in [3.63, 3.8) is 0 Å². The van der Waals surface area contributed by atoms with Crippen molar-refractivity contribution in [2.24, 2.45) is 0 Å². The monoisotopic (exact) mass is 895 g/mol. The molecule has 0 fully saturated rings. The molecule has 12 heteroatoms. The van der Waals surface area contributed by atoms with E-state index in [1.54, 1.807) is 0 Å². The van der Waals surface area contributed by atoms with Crippen LogP contribution in [-0.4, -0.2) is 74.9 Å². The maximum atomic E-state index is 12.8. The van der Waals surface area contributed by atoms with Crippen LogP contribution in [0.5, 0.6) is 0 Å². The molecule has 0 bridgehead atoms. The second-order valence-electron chi connectivity index (χ2n) is 18.6. The van der Waals surface area contributed by atoms with E-state index in [-0.39, 0.29) is 32.0 Å². The zero-order valence-electron chi connectivity index (χ0n) is 40.4. The summed E-state index contributed by atoms with van der Waals surface area (Å²) in [6, 6.07) is 4.42. The third kappa shape index (κ3) is 28.4. The first-order chi connectivity index (χ1) is 29.7. The van der Waals surface area contributed by atoms with Crippen molar-refractivity contribution in [3.8, 4) is 0 Å². The number of furan rings is 2. The summed E-state index contributed by atoms with van der Waals surface area (Å²) >= 11 is 0. The largest absolute Gasteiger partial charge is 0.472 e. The molecule has 0 saturated carbocycles. The molecule has 358 valence electrons. The molecule has 0 aliphatic rings. The van der Waals surface area contributed by atoms with E-state index >= 15 is 0 Å². The van der Waals surface area contributed by atoms with E-state index in [0.717, 1.165) is 101 Å². The van der Waals surface area contributed by atoms with Crippen molar-refractivity contribution in [2.75, 3.05) is 47.5 Å². The first kappa shape index (κ1) is 55.7. The fourth-order valence-corrected chi connectivity index (χ4v) is 8.26. The van der Waals surface area contributed by atoms with Gasteiger partial charge in [-0.25, -0.2) is 4.57 Å². The van der Waals surface area contributed by atoms with Gasteiger partial charge in [0.05, 0.1) is 27.7 Å². The van der Waals surface area contributed by atoms with Gasteiger partial charge in [0.15, 0.2) is 6.10 Å². The van der Waals surface area contributed by atoms with Gasteiger partial charge in [-0.2, -0.15) is 0 Å². The summed E-state index contributed by atoms with van der Waals surface area (Å²) in [6.07, 6.45) is 27.9. The van der Waals surface area contributed by atoms with E-state index in [9.17, 15) is 19.0 Å². The van der Waals surface area contributed by atoms with Crippen LogP contribution >= 0.6 is 7.82 Å². The molecule has 2 heterocycles. The molecule has 0 spiro atoms. The highest BCUT2D eigenvalue weighted by Crippen LogP contribution is 2.43. The maximum absolute atomic E-state index is 12.8.